The summed E-state index contributed by atoms with van der Waals surface area (Å²) in [5.41, 5.74) is 11.6. The molecule has 0 bridgehead atoms. The van der Waals surface area contributed by atoms with Crippen LogP contribution < -0.4 is 11.5 Å². The Balaban J connectivity index is 2.59. The minimum Gasteiger partial charge on any atom is -0.336 e. The molecule has 4 N–H and O–H groups in total. The molecule has 1 rings (SSSR count). The van der Waals surface area contributed by atoms with E-state index in [0.717, 1.165) is 12.2 Å². The number of hydrogen-bond donors (Lipinski definition) is 2. The highest BCUT2D eigenvalue weighted by Gasteiger charge is 1.92. The van der Waals surface area contributed by atoms with Crippen molar-refractivity contribution in [2.24, 2.45) is 11.5 Å². The molecule has 0 radical (unpaired) electrons. The largest absolute Gasteiger partial charge is 0.336 e. The first-order valence-electron chi connectivity index (χ1n) is 3.27. The molecule has 1 aromatic rings. The average Bonchev–Trinajstić information content (AvgIpc) is 2.37. The van der Waals surface area contributed by atoms with E-state index in [-0.39, 0.29) is 0 Å². The molecule has 1 aromatic heterocycles. The van der Waals surface area contributed by atoms with Crippen LogP contribution in [-0.2, 0) is 13.1 Å². The van der Waals surface area contributed by atoms with E-state index in [4.69, 9.17) is 11.5 Å². The lowest BCUT2D eigenvalue weighted by atomic mass is 10.5. The molecule has 0 aromatic carbocycles. The lowest BCUT2D eigenvalue weighted by molar-refractivity contribution is 0.707. The Hall–Kier alpha value is -0.870. The minimum atomic E-state index is 0.498. The van der Waals surface area contributed by atoms with Gasteiger partial charge in [0.25, 0.3) is 0 Å². The fraction of sp³-hybridized carbons (Fsp3) is 0.500. The van der Waals surface area contributed by atoms with Gasteiger partial charge in [0.05, 0.1) is 12.0 Å². The number of imidazole rings is 1. The molecule has 0 unspecified atom stereocenters. The van der Waals surface area contributed by atoms with Gasteiger partial charge in [-0.1, -0.05) is 0 Å². The van der Waals surface area contributed by atoms with E-state index < -0.39 is 0 Å². The zero-order valence-electron chi connectivity index (χ0n) is 5.83. The summed E-state index contributed by atoms with van der Waals surface area (Å²) in [4.78, 5) is 4.04. The van der Waals surface area contributed by atoms with Crippen molar-refractivity contribution in [1.29, 1.82) is 0 Å². The molecule has 0 aliphatic carbocycles. The second-order valence-corrected chi connectivity index (χ2v) is 2.10. The maximum Gasteiger partial charge on any atom is 0.0950 e. The van der Waals surface area contributed by atoms with Crippen LogP contribution in [-0.4, -0.2) is 16.1 Å². The molecule has 4 nitrogen and oxygen atoms in total. The van der Waals surface area contributed by atoms with Crippen LogP contribution in [0, 0.1) is 0 Å². The fourth-order valence-electron chi connectivity index (χ4n) is 0.783. The summed E-state index contributed by atoms with van der Waals surface area (Å²) in [5.74, 6) is 0. The highest BCUT2D eigenvalue weighted by molar-refractivity contribution is 4.95. The van der Waals surface area contributed by atoms with E-state index >= 15 is 0 Å². The van der Waals surface area contributed by atoms with E-state index in [1.54, 1.807) is 6.33 Å². The van der Waals surface area contributed by atoms with Gasteiger partial charge in [0.2, 0.25) is 0 Å². The van der Waals surface area contributed by atoms with E-state index in [1.807, 2.05) is 10.8 Å². The summed E-state index contributed by atoms with van der Waals surface area (Å²) < 4.78 is 1.93. The first kappa shape index (κ1) is 7.24. The van der Waals surface area contributed by atoms with Crippen LogP contribution in [0.2, 0.25) is 0 Å². The Morgan fingerprint density at radius 3 is 2.80 bits per heavy atom. The van der Waals surface area contributed by atoms with Gasteiger partial charge in [-0.05, 0) is 0 Å². The quantitative estimate of drug-likeness (QED) is 0.583. The zero-order valence-corrected chi connectivity index (χ0v) is 5.83. The van der Waals surface area contributed by atoms with Crippen molar-refractivity contribution in [3.05, 3.63) is 18.2 Å². The van der Waals surface area contributed by atoms with Gasteiger partial charge in [0.15, 0.2) is 0 Å². The molecule has 4 heteroatoms. The maximum atomic E-state index is 5.35. The summed E-state index contributed by atoms with van der Waals surface area (Å²) >= 11 is 0. The topological polar surface area (TPSA) is 69.9 Å². The monoisotopic (exact) mass is 140 g/mol. The van der Waals surface area contributed by atoms with E-state index in [1.165, 1.54) is 0 Å². The standard InChI is InChI=1S/C6H12N4/c7-1-2-10-4-6(3-8)9-5-10/h4-5H,1-3,7-8H2. The van der Waals surface area contributed by atoms with Crippen molar-refractivity contribution in [3.8, 4) is 0 Å². The molecule has 0 saturated carbocycles. The second-order valence-electron chi connectivity index (χ2n) is 2.10. The zero-order chi connectivity index (χ0) is 7.40. The Bertz CT molecular complexity index is 193. The smallest absolute Gasteiger partial charge is 0.0950 e. The van der Waals surface area contributed by atoms with Crippen LogP contribution in [0.3, 0.4) is 0 Å². The Morgan fingerprint density at radius 1 is 1.50 bits per heavy atom. The Labute approximate surface area is 59.8 Å². The molecule has 0 amide bonds. The van der Waals surface area contributed by atoms with Gasteiger partial charge in [0, 0.05) is 25.8 Å². The lowest BCUT2D eigenvalue weighted by Gasteiger charge is -1.94. The normalized spacial score (nSPS) is 10.2. The second kappa shape index (κ2) is 3.34. The van der Waals surface area contributed by atoms with Gasteiger partial charge in [0.1, 0.15) is 0 Å². The molecule has 0 atom stereocenters. The summed E-state index contributed by atoms with van der Waals surface area (Å²) in [6.45, 7) is 1.95. The maximum absolute atomic E-state index is 5.35. The first-order valence-corrected chi connectivity index (χ1v) is 3.27. The Kier molecular flexibility index (Phi) is 2.42. The van der Waals surface area contributed by atoms with Gasteiger partial charge in [-0.25, -0.2) is 4.98 Å². The molecule has 1 heterocycles. The number of rotatable bonds is 3. The number of aromatic nitrogens is 2. The van der Waals surface area contributed by atoms with E-state index in [0.29, 0.717) is 13.1 Å². The molecule has 0 aliphatic rings. The molecule has 10 heavy (non-hydrogen) atoms. The molecular formula is C6H12N4. The average molecular weight is 140 g/mol. The molecule has 0 fully saturated rings. The van der Waals surface area contributed by atoms with Crippen LogP contribution in [0.4, 0.5) is 0 Å². The first-order chi connectivity index (χ1) is 4.86. The van der Waals surface area contributed by atoms with Crippen LogP contribution in [0.25, 0.3) is 0 Å². The van der Waals surface area contributed by atoms with Crippen molar-refractivity contribution in [2.45, 2.75) is 13.1 Å². The van der Waals surface area contributed by atoms with E-state index in [9.17, 15) is 0 Å². The number of nitrogens with zero attached hydrogens (tertiary/aromatic N) is 2. The highest BCUT2D eigenvalue weighted by atomic mass is 15.0. The van der Waals surface area contributed by atoms with Gasteiger partial charge in [-0.3, -0.25) is 0 Å². The van der Waals surface area contributed by atoms with Crippen molar-refractivity contribution in [3.63, 3.8) is 0 Å². The van der Waals surface area contributed by atoms with E-state index in [2.05, 4.69) is 4.98 Å². The Morgan fingerprint density at radius 2 is 2.30 bits per heavy atom. The number of hydrogen-bond acceptors (Lipinski definition) is 3. The van der Waals surface area contributed by atoms with Crippen molar-refractivity contribution in [2.75, 3.05) is 6.54 Å². The molecule has 0 aliphatic heterocycles. The summed E-state index contributed by atoms with van der Waals surface area (Å²) in [6.07, 6.45) is 3.65. The van der Waals surface area contributed by atoms with Crippen LogP contribution in [0.5, 0.6) is 0 Å². The third-order valence-corrected chi connectivity index (χ3v) is 1.28. The van der Waals surface area contributed by atoms with Crippen molar-refractivity contribution < 1.29 is 0 Å². The number of nitrogens with two attached hydrogens (primary N) is 2. The summed E-state index contributed by atoms with van der Waals surface area (Å²) in [5, 5.41) is 0. The fourth-order valence-corrected chi connectivity index (χ4v) is 0.783. The molecule has 0 spiro atoms. The van der Waals surface area contributed by atoms with Crippen LogP contribution in [0.15, 0.2) is 12.5 Å². The third kappa shape index (κ3) is 1.55. The van der Waals surface area contributed by atoms with Crippen molar-refractivity contribution in [1.82, 2.24) is 9.55 Å². The van der Waals surface area contributed by atoms with Gasteiger partial charge >= 0.3 is 0 Å². The van der Waals surface area contributed by atoms with Crippen molar-refractivity contribution >= 4 is 0 Å². The summed E-state index contributed by atoms with van der Waals surface area (Å²) in [7, 11) is 0. The highest BCUT2D eigenvalue weighted by Crippen LogP contribution is 1.92. The molecule has 0 saturated heterocycles. The third-order valence-electron chi connectivity index (χ3n) is 1.28. The van der Waals surface area contributed by atoms with Crippen LogP contribution in [0.1, 0.15) is 5.69 Å². The predicted octanol–water partition coefficient (Wildman–Crippen LogP) is -0.700. The SMILES string of the molecule is NCCn1cnc(CN)c1. The minimum absolute atomic E-state index is 0.498. The lowest BCUT2D eigenvalue weighted by Crippen LogP contribution is -2.07. The predicted molar refractivity (Wildman–Crippen MR) is 39.2 cm³/mol. The summed E-state index contributed by atoms with van der Waals surface area (Å²) in [6, 6.07) is 0. The van der Waals surface area contributed by atoms with Crippen LogP contribution >= 0.6 is 0 Å². The molecular weight excluding hydrogens is 128 g/mol. The van der Waals surface area contributed by atoms with Gasteiger partial charge < -0.3 is 16.0 Å². The molecule has 56 valence electrons. The van der Waals surface area contributed by atoms with Gasteiger partial charge in [-0.2, -0.15) is 0 Å². The van der Waals surface area contributed by atoms with Gasteiger partial charge in [-0.15, -0.1) is 0 Å².